The Hall–Kier alpha value is -8.47. The average Bonchev–Trinajstić information content (AvgIpc) is 4.12. The van der Waals surface area contributed by atoms with Gasteiger partial charge in [-0.05, 0) is 104 Å². The fraction of sp³-hybridized carbons (Fsp3) is 0. The Balaban J connectivity index is 1.17. The van der Waals surface area contributed by atoms with Gasteiger partial charge in [0, 0.05) is 87.9 Å². The molecule has 5 aliphatic rings. The first-order valence-electron chi connectivity index (χ1n) is 23.4. The molecule has 0 aliphatic carbocycles. The minimum Gasteiger partial charge on any atom is -0.310 e. The Bertz CT molecular complexity index is 4200. The quantitative estimate of drug-likeness (QED) is 0.155. The van der Waals surface area contributed by atoms with Crippen molar-refractivity contribution in [3.63, 3.8) is 0 Å². The van der Waals surface area contributed by atoms with E-state index in [1.54, 1.807) is 0 Å². The van der Waals surface area contributed by atoms with Crippen molar-refractivity contribution < 1.29 is 0 Å². The maximum absolute atomic E-state index is 2.70. The molecule has 19 rings (SSSR count). The van der Waals surface area contributed by atoms with Crippen molar-refractivity contribution in [2.75, 3.05) is 0 Å². The zero-order valence-corrected chi connectivity index (χ0v) is 35.3. The van der Waals surface area contributed by atoms with Crippen LogP contribution in [-0.4, -0.2) is 31.7 Å². The first kappa shape index (κ1) is 32.2. The highest BCUT2D eigenvalue weighted by atomic mass is 15.1. The zero-order chi connectivity index (χ0) is 42.0. The Labute approximate surface area is 376 Å². The van der Waals surface area contributed by atoms with E-state index in [1.165, 1.54) is 165 Å². The third-order valence-electron chi connectivity index (χ3n) is 16.8. The van der Waals surface area contributed by atoms with Crippen LogP contribution in [0.1, 0.15) is 0 Å². The third kappa shape index (κ3) is 3.19. The molecule has 4 nitrogen and oxygen atoms in total. The van der Waals surface area contributed by atoms with Gasteiger partial charge in [-0.3, -0.25) is 0 Å². The lowest BCUT2D eigenvalue weighted by molar-refractivity contribution is 1.13. The summed E-state index contributed by atoms with van der Waals surface area (Å²) in [7, 11) is 0. The minimum atomic E-state index is 0.0399. The molecule has 10 aromatic carbocycles. The summed E-state index contributed by atoms with van der Waals surface area (Å²) in [5, 5.41) is 10.8. The van der Waals surface area contributed by atoms with Crippen LogP contribution in [0.2, 0.25) is 0 Å². The van der Waals surface area contributed by atoms with E-state index in [4.69, 9.17) is 0 Å². The molecular weight excluding hydrogens is 798 g/mol. The summed E-state index contributed by atoms with van der Waals surface area (Å²) in [4.78, 5) is 0. The SMILES string of the molecule is c1ccc(-c2cc3c4c(c2)-n2c5ccccc5c5c6c7ccccc7n7c6c6c(c52)B4c2c4c5c(c8ccccc8n5-c5cc(-c8ccccc8)cc-7c5B46)c4c5ccccc5n-3c24)cc1. The largest absolute Gasteiger partial charge is 0.310 e. The van der Waals surface area contributed by atoms with Crippen LogP contribution in [0.5, 0.6) is 0 Å². The number of nitrogens with zero attached hydrogens (tertiary/aromatic N) is 4. The van der Waals surface area contributed by atoms with E-state index >= 15 is 0 Å². The van der Waals surface area contributed by atoms with Crippen LogP contribution in [0.25, 0.3) is 132 Å². The maximum atomic E-state index is 2.70. The van der Waals surface area contributed by atoms with Crippen LogP contribution in [0.4, 0.5) is 0 Å². The predicted octanol–water partition coefficient (Wildman–Crippen LogP) is 10.0. The van der Waals surface area contributed by atoms with Crippen molar-refractivity contribution >= 4 is 133 Å². The van der Waals surface area contributed by atoms with E-state index in [0.29, 0.717) is 0 Å². The van der Waals surface area contributed by atoms with Crippen LogP contribution in [0.15, 0.2) is 182 Å². The average molecular weight is 829 g/mol. The van der Waals surface area contributed by atoms with Crippen LogP contribution in [-0.2, 0) is 0 Å². The summed E-state index contributed by atoms with van der Waals surface area (Å²) in [5.74, 6) is 0. The van der Waals surface area contributed by atoms with Crippen molar-refractivity contribution in [2.24, 2.45) is 0 Å². The van der Waals surface area contributed by atoms with E-state index in [1.807, 2.05) is 0 Å². The molecule has 6 heteroatoms. The van der Waals surface area contributed by atoms with Crippen LogP contribution >= 0.6 is 0 Å². The van der Waals surface area contributed by atoms with Gasteiger partial charge in [-0.2, -0.15) is 0 Å². The number of hydrogen-bond acceptors (Lipinski definition) is 0. The van der Waals surface area contributed by atoms with Gasteiger partial charge in [0.1, 0.15) is 0 Å². The van der Waals surface area contributed by atoms with Gasteiger partial charge >= 0.3 is 0 Å². The maximum Gasteiger partial charge on any atom is 0.251 e. The van der Waals surface area contributed by atoms with Gasteiger partial charge in [-0.25, -0.2) is 0 Å². The summed E-state index contributed by atoms with van der Waals surface area (Å²) in [6.07, 6.45) is 0. The highest BCUT2D eigenvalue weighted by Gasteiger charge is 2.55. The van der Waals surface area contributed by atoms with Gasteiger partial charge in [-0.1, -0.05) is 133 Å². The molecule has 0 spiro atoms. The highest BCUT2D eigenvalue weighted by molar-refractivity contribution is 7.16. The lowest BCUT2D eigenvalue weighted by atomic mass is 9.18. The van der Waals surface area contributed by atoms with Gasteiger partial charge in [0.2, 0.25) is 0 Å². The molecule has 14 aromatic rings. The number of hydrogen-bond donors (Lipinski definition) is 0. The fourth-order valence-electron chi connectivity index (χ4n) is 14.7. The van der Waals surface area contributed by atoms with Crippen LogP contribution < -0.4 is 32.8 Å². The smallest absolute Gasteiger partial charge is 0.251 e. The van der Waals surface area contributed by atoms with Crippen molar-refractivity contribution in [3.05, 3.63) is 182 Å². The first-order valence-corrected chi connectivity index (χ1v) is 23.4. The summed E-state index contributed by atoms with van der Waals surface area (Å²) >= 11 is 0. The lowest BCUT2D eigenvalue weighted by Crippen LogP contribution is -2.79. The summed E-state index contributed by atoms with van der Waals surface area (Å²) < 4.78 is 10.8. The van der Waals surface area contributed by atoms with E-state index in [-0.39, 0.29) is 13.4 Å². The van der Waals surface area contributed by atoms with Crippen LogP contribution in [0, 0.1) is 0 Å². The molecule has 66 heavy (non-hydrogen) atoms. The molecule has 5 aliphatic heterocycles. The molecule has 0 amide bonds. The molecule has 0 fully saturated rings. The van der Waals surface area contributed by atoms with E-state index < -0.39 is 0 Å². The van der Waals surface area contributed by atoms with Crippen molar-refractivity contribution in [2.45, 2.75) is 0 Å². The number of fused-ring (bicyclic) bond motifs is 18. The summed E-state index contributed by atoms with van der Waals surface area (Å²) in [6, 6.07) is 69.3. The standard InChI is InChI=1S/C60H30B2N4/c1-3-15-31(16-4-1)33-27-43-51-44(28-33)64-40-24-12-8-20-36(40)48-50-38-22-10-14-26-42(38)66-46-30-34(32-17-5-2-6-18-32)29-45-52(46)62-55-53(61(51)54(58(48)64)56(62)60(50)66)57-47(35-19-7-11-23-39(35)63(43)57)49-37-21-9-13-25-41(37)65(45)59(49)55/h1-30H. The molecule has 0 saturated carbocycles. The molecular formula is C60H30B2N4. The van der Waals surface area contributed by atoms with Crippen molar-refractivity contribution in [3.8, 4) is 45.0 Å². The molecule has 4 aromatic heterocycles. The first-order chi connectivity index (χ1) is 32.8. The second-order valence-electron chi connectivity index (χ2n) is 19.4. The molecule has 0 saturated heterocycles. The Morgan fingerprint density at radius 3 is 0.788 bits per heavy atom. The second-order valence-corrected chi connectivity index (χ2v) is 19.4. The molecule has 0 bridgehead atoms. The van der Waals surface area contributed by atoms with Gasteiger partial charge in [-0.15, -0.1) is 0 Å². The number of benzene rings is 10. The highest BCUT2D eigenvalue weighted by Crippen LogP contribution is 2.50. The third-order valence-corrected chi connectivity index (χ3v) is 16.8. The second kappa shape index (κ2) is 10.4. The molecule has 0 N–H and O–H groups in total. The molecule has 296 valence electrons. The molecule has 0 atom stereocenters. The lowest BCUT2D eigenvalue weighted by Gasteiger charge is -2.45. The topological polar surface area (TPSA) is 19.7 Å². The van der Waals surface area contributed by atoms with E-state index in [0.717, 1.165) is 0 Å². The van der Waals surface area contributed by atoms with Crippen molar-refractivity contribution in [1.29, 1.82) is 0 Å². The number of para-hydroxylation sites is 4. The van der Waals surface area contributed by atoms with E-state index in [9.17, 15) is 0 Å². The molecule has 0 radical (unpaired) electrons. The van der Waals surface area contributed by atoms with Crippen LogP contribution in [0.3, 0.4) is 0 Å². The Kier molecular flexibility index (Phi) is 5.07. The minimum absolute atomic E-state index is 0.0399. The summed E-state index contributed by atoms with van der Waals surface area (Å²) in [6.45, 7) is 0.0798. The Morgan fingerprint density at radius 1 is 0.242 bits per heavy atom. The zero-order valence-electron chi connectivity index (χ0n) is 35.3. The van der Waals surface area contributed by atoms with Gasteiger partial charge < -0.3 is 18.3 Å². The van der Waals surface area contributed by atoms with Crippen molar-refractivity contribution in [1.82, 2.24) is 18.3 Å². The normalized spacial score (nSPS) is 14.0. The number of aromatic nitrogens is 4. The predicted molar refractivity (Wildman–Crippen MR) is 278 cm³/mol. The van der Waals surface area contributed by atoms with Gasteiger partial charge in [0.25, 0.3) is 13.4 Å². The fourth-order valence-corrected chi connectivity index (χ4v) is 14.7. The molecule has 9 heterocycles. The Morgan fingerprint density at radius 2 is 0.500 bits per heavy atom. The summed E-state index contributed by atoms with van der Waals surface area (Å²) in [5.41, 5.74) is 29.6. The van der Waals surface area contributed by atoms with E-state index in [2.05, 4.69) is 200 Å². The number of rotatable bonds is 2. The van der Waals surface area contributed by atoms with Gasteiger partial charge in [0.15, 0.2) is 0 Å². The molecule has 0 unspecified atom stereocenters. The monoisotopic (exact) mass is 828 g/mol. The van der Waals surface area contributed by atoms with Gasteiger partial charge in [0.05, 0.1) is 22.1 Å².